The second-order valence-electron chi connectivity index (χ2n) is 7.88. The van der Waals surface area contributed by atoms with E-state index in [4.69, 9.17) is 0 Å². The van der Waals surface area contributed by atoms with Crippen LogP contribution in [0.2, 0.25) is 0 Å². The fraction of sp³-hybridized carbons (Fsp3) is 0.269. The summed E-state index contributed by atoms with van der Waals surface area (Å²) in [7, 11) is -0.993. The van der Waals surface area contributed by atoms with E-state index < -0.39 is 7.92 Å². The Balaban J connectivity index is 2.11. The maximum Gasteiger partial charge on any atom is 0.189 e. The molecule has 28 heavy (non-hydrogen) atoms. The molecule has 144 valence electrons. The Morgan fingerprint density at radius 2 is 1.18 bits per heavy atom. The highest BCUT2D eigenvalue weighted by molar-refractivity contribution is 7.81. The van der Waals surface area contributed by atoms with Gasteiger partial charge in [-0.25, -0.2) is 0 Å². The third-order valence-electron chi connectivity index (χ3n) is 5.36. The zero-order chi connectivity index (χ0) is 20.4. The molecule has 1 nitrogen and oxygen atoms in total. The Labute approximate surface area is 170 Å². The maximum absolute atomic E-state index is 13.8. The predicted octanol–water partition coefficient (Wildman–Crippen LogP) is 6.68. The Morgan fingerprint density at radius 3 is 1.68 bits per heavy atom. The van der Waals surface area contributed by atoms with Gasteiger partial charge in [0, 0.05) is 19.6 Å². The number of rotatable bonds is 5. The lowest BCUT2D eigenvalue weighted by Gasteiger charge is -2.22. The summed E-state index contributed by atoms with van der Waals surface area (Å²) in [5.41, 5.74) is 9.73. The topological polar surface area (TPSA) is 17.1 Å². The summed E-state index contributed by atoms with van der Waals surface area (Å²) in [4.78, 5) is 13.8. The molecule has 3 aromatic rings. The molecule has 0 saturated heterocycles. The van der Waals surface area contributed by atoms with Crippen molar-refractivity contribution in [2.45, 2.75) is 47.7 Å². The Morgan fingerprint density at radius 1 is 0.714 bits per heavy atom. The molecular formula is C26H29OP. The van der Waals surface area contributed by atoms with Gasteiger partial charge in [0.2, 0.25) is 0 Å². The van der Waals surface area contributed by atoms with E-state index in [0.717, 1.165) is 28.2 Å². The fourth-order valence-corrected chi connectivity index (χ4v) is 6.69. The average molecular weight is 388 g/mol. The molecule has 0 amide bonds. The molecule has 0 aliphatic carbocycles. The maximum atomic E-state index is 13.8. The second-order valence-corrected chi connectivity index (χ2v) is 9.97. The van der Waals surface area contributed by atoms with E-state index >= 15 is 0 Å². The van der Waals surface area contributed by atoms with Gasteiger partial charge in [-0.15, -0.1) is 0 Å². The van der Waals surface area contributed by atoms with Gasteiger partial charge >= 0.3 is 0 Å². The summed E-state index contributed by atoms with van der Waals surface area (Å²) in [5, 5.41) is 1.15. The molecule has 0 saturated carbocycles. The Kier molecular flexibility index (Phi) is 6.16. The van der Waals surface area contributed by atoms with Crippen LogP contribution in [0.1, 0.15) is 49.3 Å². The van der Waals surface area contributed by atoms with Crippen LogP contribution in [-0.2, 0) is 6.16 Å². The van der Waals surface area contributed by atoms with Crippen LogP contribution in [-0.4, -0.2) is 5.52 Å². The van der Waals surface area contributed by atoms with E-state index in [0.29, 0.717) is 0 Å². The first-order valence-corrected chi connectivity index (χ1v) is 11.3. The number of aryl methyl sites for hydroxylation is 6. The molecular weight excluding hydrogens is 359 g/mol. The summed E-state index contributed by atoms with van der Waals surface area (Å²) in [6.07, 6.45) is 0.795. The smallest absolute Gasteiger partial charge is 0.189 e. The third kappa shape index (κ3) is 4.26. The van der Waals surface area contributed by atoms with Gasteiger partial charge in [-0.1, -0.05) is 65.7 Å². The van der Waals surface area contributed by atoms with Crippen molar-refractivity contribution in [1.29, 1.82) is 0 Å². The first-order valence-electron chi connectivity index (χ1n) is 9.79. The molecule has 3 aromatic carbocycles. The second kappa shape index (κ2) is 8.41. The molecule has 2 heteroatoms. The van der Waals surface area contributed by atoms with Gasteiger partial charge < -0.3 is 0 Å². The lowest BCUT2D eigenvalue weighted by molar-refractivity contribution is 0.108. The highest BCUT2D eigenvalue weighted by Gasteiger charge is 2.26. The molecule has 0 bridgehead atoms. The van der Waals surface area contributed by atoms with Crippen molar-refractivity contribution in [1.82, 2.24) is 0 Å². The van der Waals surface area contributed by atoms with E-state index in [1.807, 2.05) is 18.2 Å². The number of hydrogen-bond acceptors (Lipinski definition) is 1. The normalized spacial score (nSPS) is 12.1. The van der Waals surface area contributed by atoms with Gasteiger partial charge in [0.25, 0.3) is 0 Å². The lowest BCUT2D eigenvalue weighted by Crippen LogP contribution is -2.14. The van der Waals surface area contributed by atoms with Crippen LogP contribution in [0.3, 0.4) is 0 Å². The highest BCUT2D eigenvalue weighted by atomic mass is 31.1. The summed E-state index contributed by atoms with van der Waals surface area (Å²) in [5.74, 6) is 0. The SMILES string of the molecule is Cc1cc(C)c(CP(C(=O)c2c(C)cc(C)cc2C)c2ccccc2)c(C)c1. The first kappa shape index (κ1) is 20.5. The fourth-order valence-electron chi connectivity index (χ4n) is 4.16. The average Bonchev–Trinajstić information content (AvgIpc) is 2.60. The molecule has 1 atom stereocenters. The van der Waals surface area contributed by atoms with E-state index in [2.05, 4.69) is 77.9 Å². The molecule has 3 rings (SSSR count). The van der Waals surface area contributed by atoms with Crippen molar-refractivity contribution in [2.75, 3.05) is 0 Å². The molecule has 0 aromatic heterocycles. The van der Waals surface area contributed by atoms with E-state index in [9.17, 15) is 4.79 Å². The summed E-state index contributed by atoms with van der Waals surface area (Å²) >= 11 is 0. The molecule has 0 fully saturated rings. The Bertz CT molecular complexity index is 972. The number of hydrogen-bond donors (Lipinski definition) is 0. The standard InChI is InChI=1S/C26H29OP/c1-17-12-19(3)24(20(4)13-17)16-28(23-10-8-7-9-11-23)26(27)25-21(5)14-18(2)15-22(25)6/h7-15H,16H2,1-6H3. The van der Waals surface area contributed by atoms with Crippen LogP contribution in [0.15, 0.2) is 54.6 Å². The minimum Gasteiger partial charge on any atom is -0.289 e. The molecule has 0 aliphatic heterocycles. The first-order chi connectivity index (χ1) is 13.3. The third-order valence-corrected chi connectivity index (χ3v) is 7.63. The van der Waals surface area contributed by atoms with E-state index in [1.165, 1.54) is 27.8 Å². The van der Waals surface area contributed by atoms with Gasteiger partial charge in [-0.2, -0.15) is 0 Å². The van der Waals surface area contributed by atoms with E-state index in [-0.39, 0.29) is 5.52 Å². The summed E-state index contributed by atoms with van der Waals surface area (Å²) in [6.45, 7) is 12.7. The number of carbonyl (C=O) groups is 1. The van der Waals surface area contributed by atoms with Crippen molar-refractivity contribution in [3.63, 3.8) is 0 Å². The minimum absolute atomic E-state index is 0.288. The lowest BCUT2D eigenvalue weighted by atomic mass is 10.0. The van der Waals surface area contributed by atoms with Gasteiger partial charge in [0.05, 0.1) is 0 Å². The van der Waals surface area contributed by atoms with Gasteiger partial charge in [-0.3, -0.25) is 4.79 Å². The highest BCUT2D eigenvalue weighted by Crippen LogP contribution is 2.45. The van der Waals surface area contributed by atoms with Crippen LogP contribution < -0.4 is 5.30 Å². The van der Waals surface area contributed by atoms with Crippen molar-refractivity contribution >= 4 is 18.8 Å². The van der Waals surface area contributed by atoms with Crippen LogP contribution >= 0.6 is 7.92 Å². The van der Waals surface area contributed by atoms with Crippen LogP contribution in [0.25, 0.3) is 0 Å². The van der Waals surface area contributed by atoms with Crippen molar-refractivity contribution in [2.24, 2.45) is 0 Å². The largest absolute Gasteiger partial charge is 0.289 e. The minimum atomic E-state index is -0.993. The number of carbonyl (C=O) groups excluding carboxylic acids is 1. The zero-order valence-corrected chi connectivity index (χ0v) is 18.7. The van der Waals surface area contributed by atoms with Gasteiger partial charge in [-0.05, 0) is 74.7 Å². The summed E-state index contributed by atoms with van der Waals surface area (Å²) in [6, 6.07) is 19.0. The van der Waals surface area contributed by atoms with Crippen LogP contribution in [0.4, 0.5) is 0 Å². The quantitative estimate of drug-likeness (QED) is 0.445. The molecule has 0 heterocycles. The van der Waals surface area contributed by atoms with Crippen molar-refractivity contribution in [3.05, 3.63) is 99.1 Å². The zero-order valence-electron chi connectivity index (χ0n) is 17.8. The van der Waals surface area contributed by atoms with E-state index in [1.54, 1.807) is 0 Å². The molecule has 0 radical (unpaired) electrons. The predicted molar refractivity (Wildman–Crippen MR) is 122 cm³/mol. The summed E-state index contributed by atoms with van der Waals surface area (Å²) < 4.78 is 0. The number of benzene rings is 3. The Hall–Kier alpha value is -2.24. The van der Waals surface area contributed by atoms with Crippen LogP contribution in [0.5, 0.6) is 0 Å². The van der Waals surface area contributed by atoms with Crippen molar-refractivity contribution in [3.8, 4) is 0 Å². The van der Waals surface area contributed by atoms with Crippen molar-refractivity contribution < 1.29 is 4.79 Å². The van der Waals surface area contributed by atoms with Gasteiger partial charge in [0.15, 0.2) is 5.52 Å². The van der Waals surface area contributed by atoms with Gasteiger partial charge in [0.1, 0.15) is 0 Å². The molecule has 0 N–H and O–H groups in total. The molecule has 0 aliphatic rings. The molecule has 1 unspecified atom stereocenters. The molecule has 0 spiro atoms. The monoisotopic (exact) mass is 388 g/mol. The van der Waals surface area contributed by atoms with Crippen LogP contribution in [0, 0.1) is 41.5 Å².